The summed E-state index contributed by atoms with van der Waals surface area (Å²) in [7, 11) is 0. The van der Waals surface area contributed by atoms with Crippen LogP contribution in [0.2, 0.25) is 5.02 Å². The molecule has 5 nitrogen and oxygen atoms in total. The number of carbonyl (C=O) groups excluding carboxylic acids is 2. The Morgan fingerprint density at radius 2 is 1.68 bits per heavy atom. The first kappa shape index (κ1) is 17.3. The van der Waals surface area contributed by atoms with Gasteiger partial charge < -0.3 is 9.73 Å². The minimum atomic E-state index is -0.650. The summed E-state index contributed by atoms with van der Waals surface area (Å²) in [5.41, 5.74) is 1.23. The number of imide groups is 1. The number of halogens is 2. The molecule has 0 unspecified atom stereocenters. The highest BCUT2D eigenvalue weighted by Gasteiger charge is 2.16. The maximum atomic E-state index is 12.1. The second kappa shape index (κ2) is 7.55. The molecule has 7 heteroatoms. The monoisotopic (exact) mass is 418 g/mol. The van der Waals surface area contributed by atoms with Gasteiger partial charge in [-0.25, -0.2) is 4.79 Å². The second-order valence-corrected chi connectivity index (χ2v) is 6.38. The average Bonchev–Trinajstić information content (AvgIpc) is 3.07. The molecule has 3 rings (SSSR count). The first-order valence-corrected chi connectivity index (χ1v) is 8.42. The van der Waals surface area contributed by atoms with Gasteiger partial charge in [0.05, 0.1) is 5.02 Å². The molecule has 0 radical (unpaired) electrons. The van der Waals surface area contributed by atoms with E-state index in [1.165, 1.54) is 6.07 Å². The number of hydrogen-bond donors (Lipinski definition) is 2. The van der Waals surface area contributed by atoms with Crippen LogP contribution in [0.25, 0.3) is 11.3 Å². The van der Waals surface area contributed by atoms with Crippen LogP contribution in [0, 0.1) is 0 Å². The van der Waals surface area contributed by atoms with Crippen LogP contribution in [0.1, 0.15) is 10.6 Å². The molecule has 0 atom stereocenters. The standard InChI is InChI=1S/C18H12BrClN2O3/c19-11-5-7-12(8-6-11)21-18(24)22-17(23)16-10-9-15(25-16)13-3-1-2-4-14(13)20/h1-10H,(H2,21,22,23,24). The zero-order valence-electron chi connectivity index (χ0n) is 12.8. The Hall–Kier alpha value is -2.57. The van der Waals surface area contributed by atoms with E-state index in [1.807, 2.05) is 6.07 Å². The summed E-state index contributed by atoms with van der Waals surface area (Å²) < 4.78 is 6.38. The van der Waals surface area contributed by atoms with Crippen LogP contribution in [-0.4, -0.2) is 11.9 Å². The van der Waals surface area contributed by atoms with Gasteiger partial charge in [0.1, 0.15) is 5.76 Å². The van der Waals surface area contributed by atoms with Crippen LogP contribution in [-0.2, 0) is 0 Å². The smallest absolute Gasteiger partial charge is 0.326 e. The van der Waals surface area contributed by atoms with Crippen molar-refractivity contribution in [2.45, 2.75) is 0 Å². The molecule has 0 saturated carbocycles. The number of carbonyl (C=O) groups is 2. The first-order chi connectivity index (χ1) is 12.0. The number of anilines is 1. The number of nitrogens with one attached hydrogen (secondary N) is 2. The lowest BCUT2D eigenvalue weighted by Gasteiger charge is -2.05. The third-order valence-electron chi connectivity index (χ3n) is 3.30. The Balaban J connectivity index is 1.66. The van der Waals surface area contributed by atoms with Gasteiger partial charge in [0.2, 0.25) is 0 Å². The van der Waals surface area contributed by atoms with E-state index in [9.17, 15) is 9.59 Å². The Morgan fingerprint density at radius 1 is 0.960 bits per heavy atom. The molecule has 3 aromatic rings. The normalized spacial score (nSPS) is 10.3. The van der Waals surface area contributed by atoms with E-state index in [4.69, 9.17) is 16.0 Å². The van der Waals surface area contributed by atoms with Crippen LogP contribution in [0.3, 0.4) is 0 Å². The van der Waals surface area contributed by atoms with Crippen molar-refractivity contribution in [1.82, 2.24) is 5.32 Å². The van der Waals surface area contributed by atoms with Gasteiger partial charge >= 0.3 is 6.03 Å². The molecule has 2 aromatic carbocycles. The molecule has 0 bridgehead atoms. The lowest BCUT2D eigenvalue weighted by Crippen LogP contribution is -2.34. The molecular weight excluding hydrogens is 408 g/mol. The summed E-state index contributed by atoms with van der Waals surface area (Å²) in [6, 6.07) is 16.6. The van der Waals surface area contributed by atoms with Gasteiger partial charge in [-0.05, 0) is 48.5 Å². The summed E-state index contributed by atoms with van der Waals surface area (Å²) in [4.78, 5) is 24.0. The molecule has 2 N–H and O–H groups in total. The summed E-state index contributed by atoms with van der Waals surface area (Å²) in [5, 5.41) is 5.29. The van der Waals surface area contributed by atoms with Gasteiger partial charge in [-0.1, -0.05) is 39.7 Å². The van der Waals surface area contributed by atoms with Crippen molar-refractivity contribution in [2.24, 2.45) is 0 Å². The van der Waals surface area contributed by atoms with E-state index >= 15 is 0 Å². The maximum absolute atomic E-state index is 12.1. The Labute approximate surface area is 157 Å². The molecule has 3 amide bonds. The van der Waals surface area contributed by atoms with E-state index < -0.39 is 11.9 Å². The van der Waals surface area contributed by atoms with Crippen LogP contribution in [0.5, 0.6) is 0 Å². The van der Waals surface area contributed by atoms with E-state index in [0.717, 1.165) is 4.47 Å². The fourth-order valence-electron chi connectivity index (χ4n) is 2.13. The summed E-state index contributed by atoms with van der Waals surface area (Å²) in [6.07, 6.45) is 0. The molecule has 0 aliphatic heterocycles. The van der Waals surface area contributed by atoms with E-state index in [0.29, 0.717) is 22.0 Å². The van der Waals surface area contributed by atoms with Crippen molar-refractivity contribution in [1.29, 1.82) is 0 Å². The Bertz CT molecular complexity index is 922. The molecule has 126 valence electrons. The Morgan fingerprint density at radius 3 is 2.40 bits per heavy atom. The van der Waals surface area contributed by atoms with Crippen molar-refractivity contribution in [3.8, 4) is 11.3 Å². The fraction of sp³-hybridized carbons (Fsp3) is 0. The average molecular weight is 420 g/mol. The molecule has 25 heavy (non-hydrogen) atoms. The Kier molecular flexibility index (Phi) is 5.21. The van der Waals surface area contributed by atoms with Crippen molar-refractivity contribution >= 4 is 45.2 Å². The molecule has 0 saturated heterocycles. The highest BCUT2D eigenvalue weighted by Crippen LogP contribution is 2.29. The summed E-state index contributed by atoms with van der Waals surface area (Å²) in [5.74, 6) is -0.183. The number of furan rings is 1. The van der Waals surface area contributed by atoms with Crippen molar-refractivity contribution in [2.75, 3.05) is 5.32 Å². The number of amides is 3. The predicted molar refractivity (Wildman–Crippen MR) is 99.8 cm³/mol. The number of urea groups is 1. The van der Waals surface area contributed by atoms with E-state index in [-0.39, 0.29) is 5.76 Å². The number of rotatable bonds is 3. The van der Waals surface area contributed by atoms with Gasteiger partial charge in [0.15, 0.2) is 5.76 Å². The van der Waals surface area contributed by atoms with E-state index in [1.54, 1.807) is 48.5 Å². The molecule has 0 fully saturated rings. The maximum Gasteiger partial charge on any atom is 0.326 e. The SMILES string of the molecule is O=C(NC(=O)c1ccc(-c2ccccc2Cl)o1)Nc1ccc(Br)cc1. The lowest BCUT2D eigenvalue weighted by molar-refractivity contribution is 0.0940. The summed E-state index contributed by atoms with van der Waals surface area (Å²) in [6.45, 7) is 0. The molecular formula is C18H12BrClN2O3. The predicted octanol–water partition coefficient (Wildman–Crippen LogP) is 5.32. The zero-order valence-corrected chi connectivity index (χ0v) is 15.1. The molecule has 0 spiro atoms. The largest absolute Gasteiger partial charge is 0.451 e. The van der Waals surface area contributed by atoms with E-state index in [2.05, 4.69) is 26.6 Å². The van der Waals surface area contributed by atoms with Crippen LogP contribution < -0.4 is 10.6 Å². The van der Waals surface area contributed by atoms with Gasteiger partial charge in [-0.15, -0.1) is 0 Å². The summed E-state index contributed by atoms with van der Waals surface area (Å²) >= 11 is 9.41. The molecule has 1 heterocycles. The highest BCUT2D eigenvalue weighted by molar-refractivity contribution is 9.10. The second-order valence-electron chi connectivity index (χ2n) is 5.06. The van der Waals surface area contributed by atoms with Crippen LogP contribution in [0.15, 0.2) is 69.6 Å². The van der Waals surface area contributed by atoms with Crippen LogP contribution in [0.4, 0.5) is 10.5 Å². The van der Waals surface area contributed by atoms with Crippen molar-refractivity contribution < 1.29 is 14.0 Å². The minimum Gasteiger partial charge on any atom is -0.451 e. The van der Waals surface area contributed by atoms with Gasteiger partial charge in [0.25, 0.3) is 5.91 Å². The third-order valence-corrected chi connectivity index (χ3v) is 4.16. The quantitative estimate of drug-likeness (QED) is 0.603. The van der Waals surface area contributed by atoms with Crippen molar-refractivity contribution in [3.05, 3.63) is 75.9 Å². The zero-order chi connectivity index (χ0) is 17.8. The third kappa shape index (κ3) is 4.29. The highest BCUT2D eigenvalue weighted by atomic mass is 79.9. The van der Waals surface area contributed by atoms with Crippen molar-refractivity contribution in [3.63, 3.8) is 0 Å². The number of hydrogen-bond acceptors (Lipinski definition) is 3. The number of benzene rings is 2. The van der Waals surface area contributed by atoms with Gasteiger partial charge in [0, 0.05) is 15.7 Å². The van der Waals surface area contributed by atoms with Gasteiger partial charge in [-0.3, -0.25) is 10.1 Å². The van der Waals surface area contributed by atoms with Crippen LogP contribution >= 0.6 is 27.5 Å². The first-order valence-electron chi connectivity index (χ1n) is 7.25. The lowest BCUT2D eigenvalue weighted by atomic mass is 10.2. The minimum absolute atomic E-state index is 0.0147. The fourth-order valence-corrected chi connectivity index (χ4v) is 2.62. The molecule has 0 aliphatic rings. The molecule has 0 aliphatic carbocycles. The van der Waals surface area contributed by atoms with Gasteiger partial charge in [-0.2, -0.15) is 0 Å². The molecule has 1 aromatic heterocycles. The topological polar surface area (TPSA) is 71.3 Å².